The van der Waals surface area contributed by atoms with Crippen LogP contribution in [0.25, 0.3) is 5.70 Å². The number of benzene rings is 1. The van der Waals surface area contributed by atoms with Crippen molar-refractivity contribution in [2.75, 3.05) is 0 Å². The van der Waals surface area contributed by atoms with Crippen molar-refractivity contribution in [1.82, 2.24) is 14.8 Å². The van der Waals surface area contributed by atoms with Crippen LogP contribution in [0.3, 0.4) is 0 Å². The van der Waals surface area contributed by atoms with E-state index in [2.05, 4.69) is 16.7 Å². The third kappa shape index (κ3) is 1.83. The minimum absolute atomic E-state index is 0.152. The van der Waals surface area contributed by atoms with Gasteiger partial charge in [0.15, 0.2) is 0 Å². The maximum Gasteiger partial charge on any atom is 0.210 e. The summed E-state index contributed by atoms with van der Waals surface area (Å²) in [6.45, 7) is 3.68. The van der Waals surface area contributed by atoms with Gasteiger partial charge in [-0.1, -0.05) is 36.9 Å². The largest absolute Gasteiger partial charge is 0.287 e. The molecule has 0 unspecified atom stereocenters. The molecule has 0 aliphatic carbocycles. The zero-order chi connectivity index (χ0) is 10.7. The molecule has 2 rings (SSSR count). The summed E-state index contributed by atoms with van der Waals surface area (Å²) in [5.74, 6) is -0.152. The van der Waals surface area contributed by atoms with E-state index in [-0.39, 0.29) is 5.78 Å². The van der Waals surface area contributed by atoms with Crippen LogP contribution < -0.4 is 0 Å². The average molecular weight is 199 g/mol. The van der Waals surface area contributed by atoms with Crippen molar-refractivity contribution in [3.8, 4) is 0 Å². The van der Waals surface area contributed by atoms with Gasteiger partial charge in [-0.3, -0.25) is 4.79 Å². The van der Waals surface area contributed by atoms with Crippen molar-refractivity contribution in [2.45, 2.75) is 0 Å². The fourth-order valence-electron chi connectivity index (χ4n) is 1.21. The first-order valence-corrected chi connectivity index (χ1v) is 4.42. The number of rotatable bonds is 3. The van der Waals surface area contributed by atoms with Gasteiger partial charge in [0, 0.05) is 5.56 Å². The molecule has 0 saturated carbocycles. The van der Waals surface area contributed by atoms with Crippen molar-refractivity contribution in [3.63, 3.8) is 0 Å². The molecule has 0 bridgehead atoms. The molecule has 0 aliphatic rings. The molecule has 0 N–H and O–H groups in total. The van der Waals surface area contributed by atoms with Gasteiger partial charge in [0.2, 0.25) is 5.78 Å². The number of Topliss-reactive ketones (excluding diaryl/α,β-unsaturated/α-hetero) is 1. The van der Waals surface area contributed by atoms with E-state index >= 15 is 0 Å². The van der Waals surface area contributed by atoms with Crippen LogP contribution >= 0.6 is 0 Å². The fraction of sp³-hybridized carbons (Fsp3) is 0. The third-order valence-corrected chi connectivity index (χ3v) is 1.99. The summed E-state index contributed by atoms with van der Waals surface area (Å²) in [6, 6.07) is 8.95. The van der Waals surface area contributed by atoms with E-state index in [1.54, 1.807) is 12.1 Å². The molecule has 1 aromatic heterocycles. The molecule has 0 atom stereocenters. The molecule has 1 aromatic carbocycles. The van der Waals surface area contributed by atoms with Gasteiger partial charge in [-0.2, -0.15) is 5.10 Å². The van der Waals surface area contributed by atoms with Crippen LogP contribution in [0.5, 0.6) is 0 Å². The summed E-state index contributed by atoms with van der Waals surface area (Å²) < 4.78 is 1.36. The first-order valence-electron chi connectivity index (χ1n) is 4.42. The summed E-state index contributed by atoms with van der Waals surface area (Å²) >= 11 is 0. The van der Waals surface area contributed by atoms with Gasteiger partial charge in [-0.05, 0) is 0 Å². The molecular weight excluding hydrogens is 190 g/mol. The molecule has 0 fully saturated rings. The van der Waals surface area contributed by atoms with Crippen molar-refractivity contribution in [2.24, 2.45) is 0 Å². The highest BCUT2D eigenvalue weighted by molar-refractivity contribution is 6.23. The maximum absolute atomic E-state index is 11.9. The molecular formula is C11H9N3O. The Balaban J connectivity index is 2.27. The van der Waals surface area contributed by atoms with Crippen molar-refractivity contribution in [3.05, 3.63) is 55.1 Å². The number of aromatic nitrogens is 3. The number of hydrogen-bond donors (Lipinski definition) is 0. The van der Waals surface area contributed by atoms with Crippen molar-refractivity contribution in [1.29, 1.82) is 0 Å². The van der Waals surface area contributed by atoms with Gasteiger partial charge in [0.05, 0.1) is 0 Å². The summed E-state index contributed by atoms with van der Waals surface area (Å²) in [5, 5.41) is 3.85. The van der Waals surface area contributed by atoms with Crippen LogP contribution in [0.15, 0.2) is 49.6 Å². The summed E-state index contributed by atoms with van der Waals surface area (Å²) in [4.78, 5) is 15.6. The van der Waals surface area contributed by atoms with Crippen LogP contribution in [-0.2, 0) is 0 Å². The lowest BCUT2D eigenvalue weighted by Gasteiger charge is -2.03. The summed E-state index contributed by atoms with van der Waals surface area (Å²) in [6.07, 6.45) is 2.81. The highest BCUT2D eigenvalue weighted by Crippen LogP contribution is 2.09. The van der Waals surface area contributed by atoms with Crippen LogP contribution in [0.1, 0.15) is 10.4 Å². The summed E-state index contributed by atoms with van der Waals surface area (Å²) in [7, 11) is 0. The van der Waals surface area contributed by atoms with E-state index in [1.807, 2.05) is 18.2 Å². The summed E-state index contributed by atoms with van der Waals surface area (Å²) in [5.41, 5.74) is 0.886. The van der Waals surface area contributed by atoms with E-state index in [4.69, 9.17) is 0 Å². The SMILES string of the molecule is C=C(C(=O)c1ccccc1)n1cncn1. The highest BCUT2D eigenvalue weighted by atomic mass is 16.1. The van der Waals surface area contributed by atoms with Crippen LogP contribution in [0, 0.1) is 0 Å². The second kappa shape index (κ2) is 3.88. The van der Waals surface area contributed by atoms with E-state index in [0.29, 0.717) is 11.3 Å². The standard InChI is InChI=1S/C11H9N3O/c1-9(14-8-12-7-13-14)11(15)10-5-3-2-4-6-10/h2-8H,1H2. The molecule has 0 radical (unpaired) electrons. The van der Waals surface area contributed by atoms with Crippen molar-refractivity contribution >= 4 is 11.5 Å². The van der Waals surface area contributed by atoms with Crippen LogP contribution in [0.2, 0.25) is 0 Å². The Hall–Kier alpha value is -2.23. The topological polar surface area (TPSA) is 47.8 Å². The van der Waals surface area contributed by atoms with E-state index in [9.17, 15) is 4.79 Å². The van der Waals surface area contributed by atoms with Gasteiger partial charge >= 0.3 is 0 Å². The van der Waals surface area contributed by atoms with Gasteiger partial charge in [-0.15, -0.1) is 0 Å². The predicted octanol–water partition coefficient (Wildman–Crippen LogP) is 1.63. The monoisotopic (exact) mass is 199 g/mol. The second-order valence-corrected chi connectivity index (χ2v) is 2.98. The lowest BCUT2D eigenvalue weighted by atomic mass is 10.1. The van der Waals surface area contributed by atoms with Crippen molar-refractivity contribution < 1.29 is 4.79 Å². The Labute approximate surface area is 86.9 Å². The molecule has 2 aromatic rings. The fourth-order valence-corrected chi connectivity index (χ4v) is 1.21. The first-order chi connectivity index (χ1) is 7.29. The Bertz CT molecular complexity index is 474. The number of allylic oxidation sites excluding steroid dienone is 1. The highest BCUT2D eigenvalue weighted by Gasteiger charge is 2.11. The Morgan fingerprint density at radius 1 is 1.27 bits per heavy atom. The molecule has 0 spiro atoms. The van der Waals surface area contributed by atoms with Gasteiger partial charge in [0.25, 0.3) is 0 Å². The third-order valence-electron chi connectivity index (χ3n) is 1.99. The van der Waals surface area contributed by atoms with Gasteiger partial charge in [-0.25, -0.2) is 9.67 Å². The predicted molar refractivity (Wildman–Crippen MR) is 56.1 cm³/mol. The number of nitrogens with zero attached hydrogens (tertiary/aromatic N) is 3. The second-order valence-electron chi connectivity index (χ2n) is 2.98. The normalized spacial score (nSPS) is 9.87. The van der Waals surface area contributed by atoms with E-state index in [0.717, 1.165) is 0 Å². The molecule has 0 saturated heterocycles. The van der Waals surface area contributed by atoms with Crippen LogP contribution in [0.4, 0.5) is 0 Å². The first kappa shape index (κ1) is 9.33. The Morgan fingerprint density at radius 2 is 2.00 bits per heavy atom. The molecule has 0 amide bonds. The number of carbonyl (C=O) groups is 1. The maximum atomic E-state index is 11.9. The van der Waals surface area contributed by atoms with E-state index < -0.39 is 0 Å². The van der Waals surface area contributed by atoms with Gasteiger partial charge in [0.1, 0.15) is 18.4 Å². The molecule has 1 heterocycles. The molecule has 4 heteroatoms. The lowest BCUT2D eigenvalue weighted by Crippen LogP contribution is -2.08. The number of ketones is 1. The number of hydrogen-bond acceptors (Lipinski definition) is 3. The quantitative estimate of drug-likeness (QED) is 0.557. The minimum atomic E-state index is -0.152. The molecule has 15 heavy (non-hydrogen) atoms. The van der Waals surface area contributed by atoms with E-state index in [1.165, 1.54) is 17.3 Å². The Morgan fingerprint density at radius 3 is 2.60 bits per heavy atom. The average Bonchev–Trinajstić information content (AvgIpc) is 2.82. The molecule has 0 aliphatic heterocycles. The zero-order valence-electron chi connectivity index (χ0n) is 8.00. The molecule has 74 valence electrons. The smallest absolute Gasteiger partial charge is 0.210 e. The molecule has 4 nitrogen and oxygen atoms in total. The number of carbonyl (C=O) groups excluding carboxylic acids is 1. The Kier molecular flexibility index (Phi) is 2.41. The zero-order valence-corrected chi connectivity index (χ0v) is 8.00. The minimum Gasteiger partial charge on any atom is -0.287 e. The van der Waals surface area contributed by atoms with Crippen LogP contribution in [-0.4, -0.2) is 20.5 Å². The van der Waals surface area contributed by atoms with Gasteiger partial charge < -0.3 is 0 Å². The lowest BCUT2D eigenvalue weighted by molar-refractivity contribution is 0.105.